The number of thiocarbonyl (C=S) groups is 1. The van der Waals surface area contributed by atoms with Gasteiger partial charge in [-0.05, 0) is 67.7 Å². The van der Waals surface area contributed by atoms with E-state index in [9.17, 15) is 4.79 Å². The monoisotopic (exact) mass is 447 g/mol. The number of hydrogen-bond donors (Lipinski definition) is 2. The number of rotatable bonds is 6. The summed E-state index contributed by atoms with van der Waals surface area (Å²) in [5.74, 6) is 1.48. The number of benzene rings is 3. The molecule has 3 aromatic carbocycles. The number of oxazole rings is 1. The molecule has 8 heteroatoms. The Hall–Kier alpha value is -3.91. The molecule has 162 valence electrons. The predicted octanol–water partition coefficient (Wildman–Crippen LogP) is 5.03. The van der Waals surface area contributed by atoms with E-state index in [0.29, 0.717) is 46.3 Å². The van der Waals surface area contributed by atoms with Crippen LogP contribution in [-0.2, 0) is 0 Å². The van der Waals surface area contributed by atoms with E-state index in [1.807, 2.05) is 49.4 Å². The van der Waals surface area contributed by atoms with Gasteiger partial charge in [0, 0.05) is 22.9 Å². The molecule has 2 N–H and O–H groups in total. The molecule has 0 aliphatic rings. The van der Waals surface area contributed by atoms with Gasteiger partial charge >= 0.3 is 0 Å². The molecule has 1 aromatic heterocycles. The van der Waals surface area contributed by atoms with Crippen LogP contribution in [0.5, 0.6) is 11.5 Å². The first kappa shape index (κ1) is 21.3. The van der Waals surface area contributed by atoms with Crippen molar-refractivity contribution in [2.24, 2.45) is 0 Å². The molecule has 0 bridgehead atoms. The van der Waals surface area contributed by atoms with Crippen LogP contribution in [-0.4, -0.2) is 29.7 Å². The Labute approximate surface area is 190 Å². The quantitative estimate of drug-likeness (QED) is 0.401. The number of carbonyl (C=O) groups excluding carboxylic acids is 1. The third-order valence-corrected chi connectivity index (χ3v) is 4.80. The first-order valence-electron chi connectivity index (χ1n) is 9.96. The Balaban J connectivity index is 1.46. The van der Waals surface area contributed by atoms with E-state index >= 15 is 0 Å². The average Bonchev–Trinajstić information content (AvgIpc) is 3.23. The van der Waals surface area contributed by atoms with Crippen LogP contribution in [0.2, 0.25) is 0 Å². The van der Waals surface area contributed by atoms with Gasteiger partial charge in [-0.2, -0.15) is 0 Å². The number of nitrogens with zero attached hydrogens (tertiary/aromatic N) is 1. The van der Waals surface area contributed by atoms with Gasteiger partial charge in [0.15, 0.2) is 10.7 Å². The molecule has 32 heavy (non-hydrogen) atoms. The molecule has 0 aliphatic carbocycles. The minimum Gasteiger partial charge on any atom is -0.497 e. The molecule has 0 saturated carbocycles. The van der Waals surface area contributed by atoms with Crippen molar-refractivity contribution in [3.63, 3.8) is 0 Å². The highest BCUT2D eigenvalue weighted by atomic mass is 32.1. The third kappa shape index (κ3) is 4.87. The fourth-order valence-electron chi connectivity index (χ4n) is 3.12. The maximum Gasteiger partial charge on any atom is 0.257 e. The number of nitrogens with one attached hydrogen (secondary N) is 2. The zero-order chi connectivity index (χ0) is 22.5. The molecule has 1 heterocycles. The highest BCUT2D eigenvalue weighted by molar-refractivity contribution is 7.80. The number of ether oxygens (including phenoxy) is 2. The van der Waals surface area contributed by atoms with Crippen LogP contribution in [0, 0.1) is 0 Å². The Morgan fingerprint density at radius 3 is 2.72 bits per heavy atom. The maximum atomic E-state index is 12.5. The topological polar surface area (TPSA) is 85.6 Å². The molecule has 0 unspecified atom stereocenters. The normalized spacial score (nSPS) is 10.6. The molecule has 0 aliphatic heterocycles. The van der Waals surface area contributed by atoms with Crippen molar-refractivity contribution in [2.75, 3.05) is 19.0 Å². The van der Waals surface area contributed by atoms with E-state index in [0.717, 1.165) is 5.56 Å². The van der Waals surface area contributed by atoms with Gasteiger partial charge in [-0.3, -0.25) is 10.1 Å². The molecule has 0 atom stereocenters. The van der Waals surface area contributed by atoms with Gasteiger partial charge in [-0.15, -0.1) is 0 Å². The summed E-state index contributed by atoms with van der Waals surface area (Å²) < 4.78 is 16.5. The number of carbonyl (C=O) groups is 1. The maximum absolute atomic E-state index is 12.5. The molecule has 0 radical (unpaired) electrons. The summed E-state index contributed by atoms with van der Waals surface area (Å²) in [6.07, 6.45) is 0. The van der Waals surface area contributed by atoms with Crippen LogP contribution in [0.3, 0.4) is 0 Å². The van der Waals surface area contributed by atoms with Gasteiger partial charge in [-0.25, -0.2) is 4.98 Å². The zero-order valence-corrected chi connectivity index (χ0v) is 18.4. The molecular formula is C24H21N3O4S. The molecule has 1 amide bonds. The van der Waals surface area contributed by atoms with Gasteiger partial charge in [0.2, 0.25) is 5.89 Å². The molecule has 0 fully saturated rings. The second-order valence-corrected chi connectivity index (χ2v) is 7.21. The van der Waals surface area contributed by atoms with Crippen molar-refractivity contribution in [1.82, 2.24) is 10.3 Å². The fourth-order valence-corrected chi connectivity index (χ4v) is 3.33. The van der Waals surface area contributed by atoms with Crippen molar-refractivity contribution in [2.45, 2.75) is 6.92 Å². The average molecular weight is 448 g/mol. The lowest BCUT2D eigenvalue weighted by Gasteiger charge is -2.11. The van der Waals surface area contributed by atoms with Crippen molar-refractivity contribution in [3.8, 4) is 23.0 Å². The Morgan fingerprint density at radius 1 is 1.06 bits per heavy atom. The summed E-state index contributed by atoms with van der Waals surface area (Å²) >= 11 is 5.31. The predicted molar refractivity (Wildman–Crippen MR) is 127 cm³/mol. The van der Waals surface area contributed by atoms with Crippen LogP contribution in [0.4, 0.5) is 5.69 Å². The van der Waals surface area contributed by atoms with Crippen molar-refractivity contribution in [1.29, 1.82) is 0 Å². The number of fused-ring (bicyclic) bond motifs is 1. The van der Waals surface area contributed by atoms with Gasteiger partial charge in [0.05, 0.1) is 13.7 Å². The summed E-state index contributed by atoms with van der Waals surface area (Å²) in [5.41, 5.74) is 3.28. The number of amides is 1. The van der Waals surface area contributed by atoms with E-state index < -0.39 is 0 Å². The molecule has 0 saturated heterocycles. The molecule has 7 nitrogen and oxygen atoms in total. The SMILES string of the molecule is CCOc1cccc(C(=O)NC(=S)Nc2cccc(-c3nc4cc(OC)ccc4o3)c2)c1. The van der Waals surface area contributed by atoms with E-state index in [4.69, 9.17) is 26.1 Å². The number of anilines is 1. The second-order valence-electron chi connectivity index (χ2n) is 6.80. The number of methoxy groups -OCH3 is 1. The highest BCUT2D eigenvalue weighted by Gasteiger charge is 2.12. The van der Waals surface area contributed by atoms with E-state index in [1.165, 1.54) is 0 Å². The summed E-state index contributed by atoms with van der Waals surface area (Å²) in [6.45, 7) is 2.41. The number of hydrogen-bond acceptors (Lipinski definition) is 6. The van der Waals surface area contributed by atoms with Gasteiger partial charge in [0.1, 0.15) is 17.0 Å². The summed E-state index contributed by atoms with van der Waals surface area (Å²) in [5, 5.41) is 5.88. The molecule has 4 rings (SSSR count). The lowest BCUT2D eigenvalue weighted by Crippen LogP contribution is -2.34. The molecule has 0 spiro atoms. The van der Waals surface area contributed by atoms with E-state index in [-0.39, 0.29) is 11.0 Å². The van der Waals surface area contributed by atoms with Crippen molar-refractivity contribution >= 4 is 40.0 Å². The lowest BCUT2D eigenvalue weighted by atomic mass is 10.2. The van der Waals surface area contributed by atoms with E-state index in [1.54, 1.807) is 31.4 Å². The van der Waals surface area contributed by atoms with Gasteiger partial charge < -0.3 is 19.2 Å². The zero-order valence-electron chi connectivity index (χ0n) is 17.5. The second kappa shape index (κ2) is 9.49. The minimum absolute atomic E-state index is 0.177. The fraction of sp³-hybridized carbons (Fsp3) is 0.125. The Bertz CT molecular complexity index is 1290. The van der Waals surface area contributed by atoms with Crippen LogP contribution in [0.15, 0.2) is 71.1 Å². The number of aromatic nitrogens is 1. The van der Waals surface area contributed by atoms with Gasteiger partial charge in [-0.1, -0.05) is 12.1 Å². The highest BCUT2D eigenvalue weighted by Crippen LogP contribution is 2.28. The summed E-state index contributed by atoms with van der Waals surface area (Å²) in [7, 11) is 1.61. The lowest BCUT2D eigenvalue weighted by molar-refractivity contribution is 0.0977. The Morgan fingerprint density at radius 2 is 1.91 bits per heavy atom. The third-order valence-electron chi connectivity index (χ3n) is 4.60. The molecular weight excluding hydrogens is 426 g/mol. The van der Waals surface area contributed by atoms with Crippen LogP contribution < -0.4 is 20.1 Å². The summed E-state index contributed by atoms with van der Waals surface area (Å²) in [6, 6.07) is 19.8. The smallest absolute Gasteiger partial charge is 0.257 e. The first-order chi connectivity index (χ1) is 15.6. The van der Waals surface area contributed by atoms with Crippen LogP contribution in [0.1, 0.15) is 17.3 Å². The molecule has 4 aromatic rings. The van der Waals surface area contributed by atoms with Crippen molar-refractivity contribution < 1.29 is 18.7 Å². The van der Waals surface area contributed by atoms with E-state index in [2.05, 4.69) is 15.6 Å². The minimum atomic E-state index is -0.326. The van der Waals surface area contributed by atoms with Crippen LogP contribution in [0.25, 0.3) is 22.6 Å². The first-order valence-corrected chi connectivity index (χ1v) is 10.4. The largest absolute Gasteiger partial charge is 0.497 e. The Kier molecular flexibility index (Phi) is 6.32. The van der Waals surface area contributed by atoms with Crippen LogP contribution >= 0.6 is 12.2 Å². The van der Waals surface area contributed by atoms with Crippen molar-refractivity contribution in [3.05, 3.63) is 72.3 Å². The standard InChI is InChI=1S/C24H21N3O4S/c1-3-30-19-9-5-6-15(13-19)22(28)27-24(32)25-17-8-4-7-16(12-17)23-26-20-14-18(29-2)10-11-21(20)31-23/h4-14H,3H2,1-2H3,(H2,25,27,28,32). The summed E-state index contributed by atoms with van der Waals surface area (Å²) in [4.78, 5) is 17.0. The van der Waals surface area contributed by atoms with Gasteiger partial charge in [0.25, 0.3) is 5.91 Å².